The van der Waals surface area contributed by atoms with Crippen LogP contribution in [-0.4, -0.2) is 54.8 Å². The van der Waals surface area contributed by atoms with Crippen molar-refractivity contribution in [2.24, 2.45) is 7.05 Å². The van der Waals surface area contributed by atoms with Crippen LogP contribution in [0.5, 0.6) is 0 Å². The molecule has 1 aliphatic heterocycles. The van der Waals surface area contributed by atoms with Crippen LogP contribution >= 0.6 is 11.6 Å². The van der Waals surface area contributed by atoms with Gasteiger partial charge in [0.2, 0.25) is 5.95 Å². The topological polar surface area (TPSA) is 107 Å². The monoisotopic (exact) mass is 542 g/mol. The van der Waals surface area contributed by atoms with Crippen molar-refractivity contribution in [3.05, 3.63) is 93.3 Å². The summed E-state index contributed by atoms with van der Waals surface area (Å²) >= 11 is 5.87. The van der Waals surface area contributed by atoms with Gasteiger partial charge < -0.3 is 19.7 Å². The molecule has 12 heteroatoms. The molecule has 4 aromatic rings. The summed E-state index contributed by atoms with van der Waals surface area (Å²) < 4.78 is 37.6. The highest BCUT2D eigenvalue weighted by Crippen LogP contribution is 2.29. The molecule has 0 spiro atoms. The van der Waals surface area contributed by atoms with Crippen molar-refractivity contribution in [2.75, 3.05) is 18.5 Å². The van der Waals surface area contributed by atoms with Crippen molar-refractivity contribution < 1.29 is 18.6 Å². The first kappa shape index (κ1) is 26.0. The van der Waals surface area contributed by atoms with Gasteiger partial charge in [-0.1, -0.05) is 17.7 Å². The average Bonchev–Trinajstić information content (AvgIpc) is 3.34. The lowest BCUT2D eigenvalue weighted by Crippen LogP contribution is -2.36. The lowest BCUT2D eigenvalue weighted by molar-refractivity contribution is -0.0213. The minimum Gasteiger partial charge on any atom is -0.394 e. The number of pyridine rings is 1. The Morgan fingerprint density at radius 3 is 2.76 bits per heavy atom. The average molecular weight is 543 g/mol. The van der Waals surface area contributed by atoms with E-state index in [9.17, 15) is 18.7 Å². The number of rotatable bonds is 7. The number of aryl methyl sites for hydroxylation is 1. The minimum absolute atomic E-state index is 0.0299. The number of nitrogens with zero attached hydrogens (tertiary/aromatic N) is 5. The second-order valence-electron chi connectivity index (χ2n) is 9.12. The second-order valence-corrected chi connectivity index (χ2v) is 9.52. The Morgan fingerprint density at radius 1 is 1.21 bits per heavy atom. The lowest BCUT2D eigenvalue weighted by Gasteiger charge is -2.29. The number of aliphatic hydroxyl groups is 1. The van der Waals surface area contributed by atoms with Gasteiger partial charge >= 0.3 is 0 Å². The first-order valence-corrected chi connectivity index (χ1v) is 12.4. The molecular weight excluding hydrogens is 518 g/mol. The van der Waals surface area contributed by atoms with Gasteiger partial charge in [0.1, 0.15) is 11.5 Å². The van der Waals surface area contributed by atoms with Gasteiger partial charge in [0.25, 0.3) is 5.56 Å². The zero-order valence-electron chi connectivity index (χ0n) is 20.4. The van der Waals surface area contributed by atoms with Crippen LogP contribution in [-0.2, 0) is 11.8 Å². The summed E-state index contributed by atoms with van der Waals surface area (Å²) in [6.07, 6.45) is 6.85. The third kappa shape index (κ3) is 5.45. The van der Waals surface area contributed by atoms with Crippen LogP contribution in [0.3, 0.4) is 0 Å². The van der Waals surface area contributed by atoms with Crippen molar-refractivity contribution >= 4 is 17.5 Å². The summed E-state index contributed by atoms with van der Waals surface area (Å²) in [5.41, 5.74) is 0.928. The van der Waals surface area contributed by atoms with E-state index < -0.39 is 23.2 Å². The number of anilines is 1. The molecule has 1 saturated heterocycles. The number of ether oxygens (including phenoxy) is 1. The first-order valence-electron chi connectivity index (χ1n) is 12.0. The number of halogens is 3. The maximum Gasteiger partial charge on any atom is 0.252 e. The first-order chi connectivity index (χ1) is 18.3. The molecule has 3 atom stereocenters. The van der Waals surface area contributed by atoms with Crippen LogP contribution in [0.2, 0.25) is 5.02 Å². The van der Waals surface area contributed by atoms with Gasteiger partial charge in [-0.05, 0) is 36.6 Å². The summed E-state index contributed by atoms with van der Waals surface area (Å²) in [5.74, 6) is -1.09. The zero-order chi connectivity index (χ0) is 26.8. The summed E-state index contributed by atoms with van der Waals surface area (Å²) in [7, 11) is 1.74. The Morgan fingerprint density at radius 2 is 2.05 bits per heavy atom. The number of aliphatic hydroxyl groups excluding tert-OH is 1. The summed E-state index contributed by atoms with van der Waals surface area (Å²) in [4.78, 5) is 21.7. The molecular formula is C26H25ClF2N6O3. The SMILES string of the molecule is Cn1cc(C(c2ccc(Cl)c(F)c2)n2ccc(-c3nc(NC4CCO[C@@H](CO)C4)ncc3F)cc2=O)cn1. The van der Waals surface area contributed by atoms with Crippen molar-refractivity contribution in [2.45, 2.75) is 31.0 Å². The van der Waals surface area contributed by atoms with Crippen LogP contribution in [0.1, 0.15) is 30.0 Å². The molecule has 2 N–H and O–H groups in total. The molecule has 5 rings (SSSR count). The largest absolute Gasteiger partial charge is 0.394 e. The van der Waals surface area contributed by atoms with E-state index in [-0.39, 0.29) is 41.0 Å². The Balaban J connectivity index is 1.48. The molecule has 3 aromatic heterocycles. The van der Waals surface area contributed by atoms with Crippen LogP contribution in [0, 0.1) is 11.6 Å². The van der Waals surface area contributed by atoms with Gasteiger partial charge in [0.05, 0.1) is 36.2 Å². The molecule has 1 aliphatic rings. The van der Waals surface area contributed by atoms with Gasteiger partial charge in [-0.3, -0.25) is 9.48 Å². The molecule has 0 bridgehead atoms. The second kappa shape index (κ2) is 11.0. The van der Waals surface area contributed by atoms with Crippen LogP contribution < -0.4 is 10.9 Å². The van der Waals surface area contributed by atoms with E-state index in [0.717, 1.165) is 6.20 Å². The Labute approximate surface area is 221 Å². The number of hydrogen-bond donors (Lipinski definition) is 2. The molecule has 0 aliphatic carbocycles. The standard InChI is InChI=1S/C26H25ClF2N6O3/c1-34-13-17(11-31-34)25(16-2-3-20(27)21(28)8-16)35-6-4-15(9-23(35)37)24-22(29)12-30-26(33-24)32-18-5-7-38-19(10-18)14-36/h2-4,6,8-9,11-13,18-19,25,36H,5,7,10,14H2,1H3,(H,30,32,33)/t18?,19-,25?/m1/s1. The Hall–Kier alpha value is -3.67. The summed E-state index contributed by atoms with van der Waals surface area (Å²) in [5, 5.41) is 16.7. The minimum atomic E-state index is -0.697. The van der Waals surface area contributed by atoms with Gasteiger partial charge in [-0.2, -0.15) is 5.10 Å². The van der Waals surface area contributed by atoms with Gasteiger partial charge in [-0.25, -0.2) is 18.7 Å². The van der Waals surface area contributed by atoms with Crippen molar-refractivity contribution in [1.82, 2.24) is 24.3 Å². The van der Waals surface area contributed by atoms with E-state index in [1.165, 1.54) is 29.0 Å². The molecule has 1 fully saturated rings. The van der Waals surface area contributed by atoms with Crippen molar-refractivity contribution in [3.63, 3.8) is 0 Å². The molecule has 198 valence electrons. The van der Waals surface area contributed by atoms with E-state index >= 15 is 0 Å². The van der Waals surface area contributed by atoms with Crippen LogP contribution in [0.4, 0.5) is 14.7 Å². The molecule has 0 saturated carbocycles. The van der Waals surface area contributed by atoms with E-state index in [2.05, 4.69) is 20.4 Å². The summed E-state index contributed by atoms with van der Waals surface area (Å²) in [6.45, 7) is 0.386. The van der Waals surface area contributed by atoms with E-state index in [0.29, 0.717) is 30.6 Å². The fourth-order valence-corrected chi connectivity index (χ4v) is 4.71. The zero-order valence-corrected chi connectivity index (χ0v) is 21.1. The molecule has 0 radical (unpaired) electrons. The Kier molecular flexibility index (Phi) is 7.50. The molecule has 2 unspecified atom stereocenters. The highest BCUT2D eigenvalue weighted by molar-refractivity contribution is 6.30. The summed E-state index contributed by atoms with van der Waals surface area (Å²) in [6, 6.07) is 6.46. The van der Waals surface area contributed by atoms with E-state index in [1.54, 1.807) is 36.3 Å². The van der Waals surface area contributed by atoms with Gasteiger partial charge in [0, 0.05) is 49.3 Å². The third-order valence-electron chi connectivity index (χ3n) is 6.45. The smallest absolute Gasteiger partial charge is 0.252 e. The highest BCUT2D eigenvalue weighted by atomic mass is 35.5. The van der Waals surface area contributed by atoms with Crippen LogP contribution in [0.25, 0.3) is 11.3 Å². The third-order valence-corrected chi connectivity index (χ3v) is 6.75. The number of hydrogen-bond acceptors (Lipinski definition) is 7. The van der Waals surface area contributed by atoms with Crippen molar-refractivity contribution in [3.8, 4) is 11.3 Å². The Bertz CT molecular complexity index is 1510. The number of benzene rings is 1. The lowest BCUT2D eigenvalue weighted by atomic mass is 10.0. The molecule has 0 amide bonds. The quantitative estimate of drug-likeness (QED) is 0.368. The van der Waals surface area contributed by atoms with Crippen molar-refractivity contribution in [1.29, 1.82) is 0 Å². The van der Waals surface area contributed by atoms with Crippen LogP contribution in [0.15, 0.2) is 59.9 Å². The van der Waals surface area contributed by atoms with E-state index in [1.807, 2.05) is 0 Å². The fraction of sp³-hybridized carbons (Fsp3) is 0.308. The molecule has 38 heavy (non-hydrogen) atoms. The fourth-order valence-electron chi connectivity index (χ4n) is 4.59. The molecule has 1 aromatic carbocycles. The molecule has 9 nitrogen and oxygen atoms in total. The van der Waals surface area contributed by atoms with E-state index in [4.69, 9.17) is 16.3 Å². The normalized spacial score (nSPS) is 18.3. The van der Waals surface area contributed by atoms with Gasteiger partial charge in [-0.15, -0.1) is 0 Å². The number of aromatic nitrogens is 5. The maximum atomic E-state index is 14.8. The predicted molar refractivity (Wildman–Crippen MR) is 137 cm³/mol. The maximum absolute atomic E-state index is 14.8. The highest BCUT2D eigenvalue weighted by Gasteiger charge is 2.24. The molecule has 4 heterocycles. The number of nitrogens with one attached hydrogen (secondary N) is 1. The predicted octanol–water partition coefficient (Wildman–Crippen LogP) is 3.56. The van der Waals surface area contributed by atoms with Gasteiger partial charge in [0.15, 0.2) is 5.82 Å².